The van der Waals surface area contributed by atoms with Crippen LogP contribution in [0.5, 0.6) is 0 Å². The smallest absolute Gasteiger partial charge is 0.0889 e. The molecule has 5 heavy (non-hydrogen) atoms. The largest absolute Gasteiger partial charge is 0.633 e. The Morgan fingerprint density at radius 3 is 2.00 bits per heavy atom. The van der Waals surface area contributed by atoms with Crippen LogP contribution in [-0.2, 0) is 0 Å². The van der Waals surface area contributed by atoms with Crippen LogP contribution >= 0.6 is 0 Å². The molecule has 0 aromatic carbocycles. The highest BCUT2D eigenvalue weighted by molar-refractivity contribution is 4.05. The summed E-state index contributed by atoms with van der Waals surface area (Å²) in [6.07, 6.45) is 0. The number of hydrogen-bond donors (Lipinski definition) is 0. The molecule has 0 radical (unpaired) electrons. The minimum absolute atomic E-state index is 3.19. The molecule has 0 amide bonds. The monoisotopic (exact) mass is 84.1 g/mol. The van der Waals surface area contributed by atoms with Gasteiger partial charge in [0.05, 0.1) is 33.3 Å². The van der Waals surface area contributed by atoms with Crippen molar-refractivity contribution < 1.29 is 17.0 Å². The fraction of sp³-hybridized carbons (Fsp3) is 1.00. The molecule has 0 N–H and O–H groups in total. The molecule has 2 heteroatoms. The van der Waals surface area contributed by atoms with E-state index < -0.39 is 25.6 Å². The summed E-state index contributed by atoms with van der Waals surface area (Å²) in [4.78, 5) is 0. The molecule has 0 aromatic heterocycles. The van der Waals surface area contributed by atoms with Crippen LogP contribution < -0.4 is 0 Å². The first-order valence-electron chi connectivity index (χ1n) is 5.35. The zero-order chi connectivity index (χ0) is 12.0. The summed E-state index contributed by atoms with van der Waals surface area (Å²) in [7, 11) is 0. The Morgan fingerprint density at radius 2 is 2.00 bits per heavy atom. The Hall–Kier alpha value is -0.0800. The molecule has 0 aromatic rings. The summed E-state index contributed by atoms with van der Waals surface area (Å²) in [5.74, 6) is 0. The molecule has 0 aliphatic heterocycles. The number of hydrogen-bond acceptors (Lipinski definition) is 1. The Kier molecular flexibility index (Phi) is 0.0864. The zero-order valence-corrected chi connectivity index (χ0v) is 2.36. The number of hydroxylamine groups is 3. The van der Waals surface area contributed by atoms with E-state index in [1.165, 1.54) is 0 Å². The second-order valence-electron chi connectivity index (χ2n) is 0.609. The quantitative estimate of drug-likeness (QED) is 0.303. The minimum Gasteiger partial charge on any atom is -0.633 e. The molecule has 0 unspecified atom stereocenters. The molecule has 0 aliphatic rings. The molecule has 0 saturated carbocycles. The van der Waals surface area contributed by atoms with Gasteiger partial charge in [-0.3, -0.25) is 0 Å². The van der Waals surface area contributed by atoms with Crippen LogP contribution in [0.2, 0.25) is 0 Å². The molecule has 0 heterocycles. The van der Waals surface area contributed by atoms with E-state index in [2.05, 4.69) is 0 Å². The fourth-order valence-corrected chi connectivity index (χ4v) is 0. The maximum Gasteiger partial charge on any atom is 0.0889 e. The van der Waals surface area contributed by atoms with Crippen molar-refractivity contribution in [3.63, 3.8) is 0 Å². The predicted octanol–water partition coefficient (Wildman–Crippen LogP) is 0.190. The summed E-state index contributed by atoms with van der Waals surface area (Å²) < 4.78 is 56.8. The molecule has 2 nitrogen and oxygen atoms in total. The molecule has 0 saturated heterocycles. The highest BCUT2D eigenvalue weighted by atomic mass is 16.5. The fourth-order valence-electron chi connectivity index (χ4n) is 0. The summed E-state index contributed by atoms with van der Waals surface area (Å²) >= 11 is 0. The molecule has 0 atom stereocenters. The summed E-state index contributed by atoms with van der Waals surface area (Å²) in [5.41, 5.74) is 0. The average molecular weight is 84.2 g/mol. The lowest BCUT2D eigenvalue weighted by Crippen LogP contribution is -2.25. The normalized spacial score (nSPS) is 46.2. The van der Waals surface area contributed by atoms with Crippen molar-refractivity contribution in [3.8, 4) is 0 Å². The van der Waals surface area contributed by atoms with Crippen molar-refractivity contribution in [2.45, 2.75) is 0 Å². The zero-order valence-electron chi connectivity index (χ0n) is 11.4. The van der Waals surface area contributed by atoms with E-state index in [1.54, 1.807) is 0 Å². The third kappa shape index (κ3) is 2260. The Balaban J connectivity index is 5.54. The third-order valence-electron chi connectivity index (χ3n) is 0. The predicted molar refractivity (Wildman–Crippen MR) is 21.4 cm³/mol. The average Bonchev–Trinajstić information content (AvgIpc) is 1.77. The second kappa shape index (κ2) is 0.954. The van der Waals surface area contributed by atoms with Gasteiger partial charge in [0.15, 0.2) is 0 Å². The van der Waals surface area contributed by atoms with Gasteiger partial charge in [-0.1, -0.05) is 0 Å². The van der Waals surface area contributed by atoms with Crippen molar-refractivity contribution in [2.75, 3.05) is 20.9 Å². The highest BCUT2D eigenvalue weighted by Crippen LogP contribution is 1.77. The van der Waals surface area contributed by atoms with Gasteiger partial charge in [-0.2, -0.15) is 0 Å². The SMILES string of the molecule is [2H]C([2H])([2H])[N+]([O-])(C([2H])([2H])[2H])C([2H])([2H])[2H]. The van der Waals surface area contributed by atoms with Gasteiger partial charge in [0.1, 0.15) is 0 Å². The van der Waals surface area contributed by atoms with Crippen LogP contribution in [0, 0.1) is 5.21 Å². The Bertz CT molecular complexity index is 174. The molecular weight excluding hydrogens is 66.0 g/mol. The van der Waals surface area contributed by atoms with Crippen molar-refractivity contribution in [1.82, 2.24) is 0 Å². The van der Waals surface area contributed by atoms with Gasteiger partial charge < -0.3 is 9.85 Å². The van der Waals surface area contributed by atoms with Crippen LogP contribution in [0.4, 0.5) is 0 Å². The van der Waals surface area contributed by atoms with Crippen molar-refractivity contribution in [3.05, 3.63) is 5.21 Å². The van der Waals surface area contributed by atoms with E-state index in [-0.39, 0.29) is 0 Å². The van der Waals surface area contributed by atoms with E-state index in [4.69, 9.17) is 12.3 Å². The van der Waals surface area contributed by atoms with Crippen LogP contribution in [0.25, 0.3) is 0 Å². The van der Waals surface area contributed by atoms with Gasteiger partial charge in [0.2, 0.25) is 0 Å². The van der Waals surface area contributed by atoms with E-state index in [0.29, 0.717) is 0 Å². The molecule has 0 fully saturated rings. The van der Waals surface area contributed by atoms with Crippen LogP contribution in [0.15, 0.2) is 0 Å². The van der Waals surface area contributed by atoms with Gasteiger partial charge in [-0.05, 0) is 0 Å². The van der Waals surface area contributed by atoms with Gasteiger partial charge >= 0.3 is 0 Å². The van der Waals surface area contributed by atoms with E-state index in [0.717, 1.165) is 0 Å². The number of rotatable bonds is 0. The molecule has 32 valence electrons. The molecule has 0 bridgehead atoms. The lowest BCUT2D eigenvalue weighted by atomic mass is 11.0. The molecule has 0 aliphatic carbocycles. The van der Waals surface area contributed by atoms with Crippen LogP contribution in [-0.4, -0.2) is 25.6 Å². The standard InChI is InChI=1S/C3H9NO/c1-4(2,3)5/h1-3H3/i1D3,2D3,3D3. The van der Waals surface area contributed by atoms with Crippen molar-refractivity contribution >= 4 is 0 Å². The first-order valence-corrected chi connectivity index (χ1v) is 0.853. The minimum atomic E-state index is -3.67. The van der Waals surface area contributed by atoms with Crippen LogP contribution in [0.1, 0.15) is 12.3 Å². The first kappa shape index (κ1) is 0.453. The summed E-state index contributed by atoms with van der Waals surface area (Å²) in [6, 6.07) is 0. The summed E-state index contributed by atoms with van der Waals surface area (Å²) in [6.45, 7) is -11.0. The molecular formula is C3H9NO. The Morgan fingerprint density at radius 1 is 1.60 bits per heavy atom. The van der Waals surface area contributed by atoms with Gasteiger partial charge in [0.25, 0.3) is 0 Å². The first-order chi connectivity index (χ1) is 5.75. The van der Waals surface area contributed by atoms with Gasteiger partial charge in [0, 0.05) is 0 Å². The topological polar surface area (TPSA) is 23.1 Å². The maximum atomic E-state index is 11.4. The summed E-state index contributed by atoms with van der Waals surface area (Å²) in [5, 5.41) is 11.4. The van der Waals surface area contributed by atoms with E-state index in [9.17, 15) is 5.21 Å². The molecule has 0 rings (SSSR count). The van der Waals surface area contributed by atoms with Gasteiger partial charge in [-0.25, -0.2) is 0 Å². The number of nitrogens with zero attached hydrogens (tertiary/aromatic N) is 1. The third-order valence-corrected chi connectivity index (χ3v) is 0. The second-order valence-corrected chi connectivity index (χ2v) is 0.609. The van der Waals surface area contributed by atoms with E-state index in [1.807, 2.05) is 0 Å². The van der Waals surface area contributed by atoms with E-state index >= 15 is 0 Å². The maximum absolute atomic E-state index is 11.4. The molecule has 0 spiro atoms. The Labute approximate surface area is 44.8 Å². The lowest BCUT2D eigenvalue weighted by molar-refractivity contribution is -0.818. The highest BCUT2D eigenvalue weighted by Gasteiger charge is 1.79. The van der Waals surface area contributed by atoms with Gasteiger partial charge in [-0.15, -0.1) is 0 Å². The number of quaternary nitrogens is 1. The lowest BCUT2D eigenvalue weighted by Gasteiger charge is -2.27. The van der Waals surface area contributed by atoms with Crippen molar-refractivity contribution in [2.24, 2.45) is 0 Å². The van der Waals surface area contributed by atoms with Crippen molar-refractivity contribution in [1.29, 1.82) is 0 Å². The van der Waals surface area contributed by atoms with Crippen LogP contribution in [0.3, 0.4) is 0 Å².